The Bertz CT molecular complexity index is 713. The van der Waals surface area contributed by atoms with Gasteiger partial charge in [0, 0.05) is 0 Å². The van der Waals surface area contributed by atoms with Crippen molar-refractivity contribution in [3.8, 4) is 5.75 Å². The first-order valence-electron chi connectivity index (χ1n) is 6.52. The molecule has 0 saturated heterocycles. The van der Waals surface area contributed by atoms with Gasteiger partial charge in [-0.25, -0.2) is 8.42 Å². The molecule has 0 aliphatic heterocycles. The van der Waals surface area contributed by atoms with Crippen molar-refractivity contribution in [2.75, 3.05) is 11.3 Å². The van der Waals surface area contributed by atoms with Crippen LogP contribution in [0, 0.1) is 0 Å². The first-order chi connectivity index (χ1) is 10.1. The van der Waals surface area contributed by atoms with Gasteiger partial charge in [-0.15, -0.1) is 0 Å². The smallest absolute Gasteiger partial charge is 0.262 e. The summed E-state index contributed by atoms with van der Waals surface area (Å²) >= 11 is 0. The minimum absolute atomic E-state index is 0.0544. The fraction of sp³-hybridized carbons (Fsp3) is 0.200. The molecule has 6 heteroatoms. The number of hydrogen-bond acceptors (Lipinski definition) is 4. The molecule has 5 nitrogen and oxygen atoms in total. The number of aliphatic hydroxyl groups excluding tert-OH is 1. The number of rotatable bonds is 6. The van der Waals surface area contributed by atoms with Crippen LogP contribution in [-0.2, 0) is 16.6 Å². The maximum Gasteiger partial charge on any atom is 0.262 e. The van der Waals surface area contributed by atoms with Crippen LogP contribution in [0.1, 0.15) is 12.5 Å². The lowest BCUT2D eigenvalue weighted by molar-refractivity contribution is 0.278. The number of benzene rings is 2. The third-order valence-corrected chi connectivity index (χ3v) is 4.33. The summed E-state index contributed by atoms with van der Waals surface area (Å²) in [4.78, 5) is 0.0544. The molecule has 0 radical (unpaired) electrons. The summed E-state index contributed by atoms with van der Waals surface area (Å²) in [6, 6.07) is 13.1. The molecule has 2 N–H and O–H groups in total. The second kappa shape index (κ2) is 6.60. The molecule has 0 spiro atoms. The molecule has 2 aromatic carbocycles. The highest BCUT2D eigenvalue weighted by molar-refractivity contribution is 7.92. The Labute approximate surface area is 124 Å². The van der Waals surface area contributed by atoms with Gasteiger partial charge >= 0.3 is 0 Å². The summed E-state index contributed by atoms with van der Waals surface area (Å²) in [5.74, 6) is 0.463. The lowest BCUT2D eigenvalue weighted by Gasteiger charge is -2.14. The van der Waals surface area contributed by atoms with Gasteiger partial charge in [0.2, 0.25) is 0 Å². The SMILES string of the molecule is CCOc1ccccc1NS(=O)(=O)c1ccccc1CO. The molecule has 0 aliphatic rings. The first kappa shape index (κ1) is 15.3. The quantitative estimate of drug-likeness (QED) is 0.859. The average Bonchev–Trinajstić information content (AvgIpc) is 2.49. The zero-order chi connectivity index (χ0) is 15.3. The van der Waals surface area contributed by atoms with Crippen LogP contribution < -0.4 is 9.46 Å². The topological polar surface area (TPSA) is 75.6 Å². The van der Waals surface area contributed by atoms with Crippen molar-refractivity contribution in [1.29, 1.82) is 0 Å². The van der Waals surface area contributed by atoms with Crippen LogP contribution in [0.5, 0.6) is 5.75 Å². The van der Waals surface area contributed by atoms with Crippen molar-refractivity contribution in [3.63, 3.8) is 0 Å². The van der Waals surface area contributed by atoms with Crippen LogP contribution in [0.3, 0.4) is 0 Å². The van der Waals surface area contributed by atoms with Crippen LogP contribution in [0.15, 0.2) is 53.4 Å². The van der Waals surface area contributed by atoms with Gasteiger partial charge in [0.15, 0.2) is 0 Å². The molecule has 0 unspecified atom stereocenters. The standard InChI is InChI=1S/C15H17NO4S/c1-2-20-14-9-5-4-8-13(14)16-21(18,19)15-10-6-3-7-12(15)11-17/h3-10,16-17H,2,11H2,1H3. The van der Waals surface area contributed by atoms with Gasteiger partial charge < -0.3 is 9.84 Å². The van der Waals surface area contributed by atoms with E-state index in [1.807, 2.05) is 6.92 Å². The van der Waals surface area contributed by atoms with Crippen LogP contribution in [0.4, 0.5) is 5.69 Å². The molecule has 0 aromatic heterocycles. The van der Waals surface area contributed by atoms with E-state index in [4.69, 9.17) is 4.74 Å². The van der Waals surface area contributed by atoms with Crippen molar-refractivity contribution in [2.24, 2.45) is 0 Å². The second-order valence-electron chi connectivity index (χ2n) is 4.30. The fourth-order valence-electron chi connectivity index (χ4n) is 1.93. The van der Waals surface area contributed by atoms with Gasteiger partial charge in [-0.05, 0) is 30.7 Å². The van der Waals surface area contributed by atoms with E-state index in [9.17, 15) is 13.5 Å². The van der Waals surface area contributed by atoms with Crippen LogP contribution >= 0.6 is 0 Å². The molecule has 21 heavy (non-hydrogen) atoms. The van der Waals surface area contributed by atoms with E-state index in [-0.39, 0.29) is 11.5 Å². The lowest BCUT2D eigenvalue weighted by atomic mass is 10.2. The van der Waals surface area contributed by atoms with E-state index in [0.717, 1.165) is 0 Å². The zero-order valence-electron chi connectivity index (χ0n) is 11.6. The minimum atomic E-state index is -3.79. The number of para-hydroxylation sites is 2. The molecule has 0 amide bonds. The Morgan fingerprint density at radius 2 is 1.76 bits per heavy atom. The molecule has 0 saturated carbocycles. The monoisotopic (exact) mass is 307 g/mol. The molecule has 0 aliphatic carbocycles. The number of hydrogen-bond donors (Lipinski definition) is 2. The van der Waals surface area contributed by atoms with Crippen molar-refractivity contribution in [3.05, 3.63) is 54.1 Å². The first-order valence-corrected chi connectivity index (χ1v) is 8.00. The number of sulfonamides is 1. The molecule has 0 bridgehead atoms. The Hall–Kier alpha value is -2.05. The fourth-order valence-corrected chi connectivity index (χ4v) is 3.23. The summed E-state index contributed by atoms with van der Waals surface area (Å²) < 4.78 is 32.8. The Balaban J connectivity index is 2.38. The van der Waals surface area contributed by atoms with Gasteiger partial charge in [-0.1, -0.05) is 30.3 Å². The maximum absolute atomic E-state index is 12.5. The zero-order valence-corrected chi connectivity index (χ0v) is 12.4. The summed E-state index contributed by atoms with van der Waals surface area (Å²) in [5, 5.41) is 9.27. The Morgan fingerprint density at radius 3 is 2.48 bits per heavy atom. The van der Waals surface area contributed by atoms with Crippen molar-refractivity contribution in [1.82, 2.24) is 0 Å². The van der Waals surface area contributed by atoms with Gasteiger partial charge in [0.25, 0.3) is 10.0 Å². The largest absolute Gasteiger partial charge is 0.492 e. The van der Waals surface area contributed by atoms with E-state index >= 15 is 0 Å². The summed E-state index contributed by atoms with van der Waals surface area (Å²) in [7, 11) is -3.79. The highest BCUT2D eigenvalue weighted by atomic mass is 32.2. The van der Waals surface area contributed by atoms with E-state index in [1.54, 1.807) is 42.5 Å². The predicted molar refractivity (Wildman–Crippen MR) is 80.8 cm³/mol. The average molecular weight is 307 g/mol. The highest BCUT2D eigenvalue weighted by Crippen LogP contribution is 2.27. The molecule has 0 heterocycles. The maximum atomic E-state index is 12.5. The van der Waals surface area contributed by atoms with Gasteiger partial charge in [-0.3, -0.25) is 4.72 Å². The van der Waals surface area contributed by atoms with Crippen molar-refractivity contribution >= 4 is 15.7 Å². The van der Waals surface area contributed by atoms with Gasteiger partial charge in [-0.2, -0.15) is 0 Å². The summed E-state index contributed by atoms with van der Waals surface area (Å²) in [5.41, 5.74) is 0.714. The van der Waals surface area contributed by atoms with E-state index in [1.165, 1.54) is 6.07 Å². The summed E-state index contributed by atoms with van der Waals surface area (Å²) in [6.07, 6.45) is 0. The molecule has 0 atom stereocenters. The Kier molecular flexibility index (Phi) is 4.82. The third kappa shape index (κ3) is 3.53. The van der Waals surface area contributed by atoms with E-state index < -0.39 is 10.0 Å². The van der Waals surface area contributed by atoms with E-state index in [0.29, 0.717) is 23.6 Å². The van der Waals surface area contributed by atoms with Crippen LogP contribution in [-0.4, -0.2) is 20.1 Å². The van der Waals surface area contributed by atoms with Gasteiger partial charge in [0.05, 0.1) is 23.8 Å². The molecule has 2 aromatic rings. The Morgan fingerprint density at radius 1 is 1.10 bits per heavy atom. The van der Waals surface area contributed by atoms with Crippen LogP contribution in [0.25, 0.3) is 0 Å². The third-order valence-electron chi connectivity index (χ3n) is 2.86. The lowest BCUT2D eigenvalue weighted by Crippen LogP contribution is -2.15. The van der Waals surface area contributed by atoms with Crippen molar-refractivity contribution < 1.29 is 18.3 Å². The molecular weight excluding hydrogens is 290 g/mol. The number of anilines is 1. The molecule has 112 valence electrons. The van der Waals surface area contributed by atoms with Crippen molar-refractivity contribution in [2.45, 2.75) is 18.4 Å². The van der Waals surface area contributed by atoms with E-state index in [2.05, 4.69) is 4.72 Å². The minimum Gasteiger partial charge on any atom is -0.492 e. The molecule has 0 fully saturated rings. The number of ether oxygens (including phenoxy) is 1. The second-order valence-corrected chi connectivity index (χ2v) is 5.95. The molecule has 2 rings (SSSR count). The molecular formula is C15H17NO4S. The van der Waals surface area contributed by atoms with Gasteiger partial charge in [0.1, 0.15) is 5.75 Å². The normalized spacial score (nSPS) is 11.1. The number of aliphatic hydroxyl groups is 1. The highest BCUT2D eigenvalue weighted by Gasteiger charge is 2.19. The summed E-state index contributed by atoms with van der Waals surface area (Å²) in [6.45, 7) is 1.92. The predicted octanol–water partition coefficient (Wildman–Crippen LogP) is 2.38. The van der Waals surface area contributed by atoms with Crippen LogP contribution in [0.2, 0.25) is 0 Å². The number of nitrogens with one attached hydrogen (secondary N) is 1.